The van der Waals surface area contributed by atoms with Crippen LogP contribution in [0.2, 0.25) is 10.0 Å². The van der Waals surface area contributed by atoms with E-state index in [9.17, 15) is 14.4 Å². The lowest BCUT2D eigenvalue weighted by Gasteiger charge is -2.32. The number of hydrogen-bond acceptors (Lipinski definition) is 6. The van der Waals surface area contributed by atoms with Crippen molar-refractivity contribution >= 4 is 46.7 Å². The van der Waals surface area contributed by atoms with E-state index in [-0.39, 0.29) is 42.2 Å². The number of imide groups is 1. The van der Waals surface area contributed by atoms with Crippen molar-refractivity contribution in [1.29, 1.82) is 0 Å². The predicted octanol–water partition coefficient (Wildman–Crippen LogP) is 4.84. The number of esters is 1. The number of rotatable bonds is 8. The van der Waals surface area contributed by atoms with Crippen LogP contribution in [0.5, 0.6) is 5.75 Å². The zero-order valence-electron chi connectivity index (χ0n) is 19.5. The van der Waals surface area contributed by atoms with Gasteiger partial charge in [-0.25, -0.2) is 9.69 Å². The van der Waals surface area contributed by atoms with Crippen LogP contribution in [0.25, 0.3) is 0 Å². The smallest absolute Gasteiger partial charge is 0.340 e. The molecule has 0 N–H and O–H groups in total. The van der Waals surface area contributed by atoms with Gasteiger partial charge in [-0.3, -0.25) is 14.5 Å². The molecule has 186 valence electrons. The number of nitrogens with zero attached hydrogens (tertiary/aromatic N) is 2. The average Bonchev–Trinajstić information content (AvgIpc) is 3.11. The third-order valence-electron chi connectivity index (χ3n) is 6.36. The quantitative estimate of drug-likeness (QED) is 0.367. The fourth-order valence-electron chi connectivity index (χ4n) is 4.50. The summed E-state index contributed by atoms with van der Waals surface area (Å²) >= 11 is 12.0. The van der Waals surface area contributed by atoms with E-state index in [2.05, 4.69) is 4.90 Å². The molecule has 2 unspecified atom stereocenters. The highest BCUT2D eigenvalue weighted by atomic mass is 35.5. The Bertz CT molecular complexity index is 1110. The summed E-state index contributed by atoms with van der Waals surface area (Å²) in [5.41, 5.74) is 0.521. The number of hydrogen-bond donors (Lipinski definition) is 0. The van der Waals surface area contributed by atoms with E-state index in [1.807, 2.05) is 0 Å². The summed E-state index contributed by atoms with van der Waals surface area (Å²) < 4.78 is 11.4. The molecule has 2 heterocycles. The van der Waals surface area contributed by atoms with Gasteiger partial charge in [-0.1, -0.05) is 42.3 Å². The number of halogens is 2. The molecule has 0 bridgehead atoms. The zero-order valence-corrected chi connectivity index (χ0v) is 21.1. The highest BCUT2D eigenvalue weighted by Crippen LogP contribution is 2.30. The first-order valence-corrected chi connectivity index (χ1v) is 12.5. The molecule has 2 aromatic rings. The van der Waals surface area contributed by atoms with Gasteiger partial charge in [-0.2, -0.15) is 0 Å². The van der Waals surface area contributed by atoms with Crippen LogP contribution < -0.4 is 9.64 Å². The second-order valence-electron chi connectivity index (χ2n) is 9.02. The van der Waals surface area contributed by atoms with Gasteiger partial charge in [0.1, 0.15) is 12.4 Å². The van der Waals surface area contributed by atoms with E-state index >= 15 is 0 Å². The molecule has 0 spiro atoms. The van der Waals surface area contributed by atoms with Crippen molar-refractivity contribution in [2.45, 2.75) is 26.2 Å². The monoisotopic (exact) mass is 518 g/mol. The average molecular weight is 519 g/mol. The summed E-state index contributed by atoms with van der Waals surface area (Å²) in [5.74, 6) is -0.638. The second kappa shape index (κ2) is 11.4. The highest BCUT2D eigenvalue weighted by Gasteiger charge is 2.38. The third-order valence-corrected chi connectivity index (χ3v) is 7.10. The van der Waals surface area contributed by atoms with E-state index in [1.165, 1.54) is 0 Å². The Kier molecular flexibility index (Phi) is 8.31. The van der Waals surface area contributed by atoms with Crippen molar-refractivity contribution in [3.8, 4) is 5.75 Å². The Labute approximate surface area is 214 Å². The molecule has 0 radical (unpaired) electrons. The fourth-order valence-corrected chi connectivity index (χ4v) is 4.79. The summed E-state index contributed by atoms with van der Waals surface area (Å²) in [4.78, 5) is 41.1. The Morgan fingerprint density at radius 2 is 1.91 bits per heavy atom. The van der Waals surface area contributed by atoms with Crippen LogP contribution in [0.3, 0.4) is 0 Å². The van der Waals surface area contributed by atoms with Crippen molar-refractivity contribution in [2.75, 3.05) is 37.7 Å². The van der Waals surface area contributed by atoms with Gasteiger partial charge in [0.15, 0.2) is 0 Å². The van der Waals surface area contributed by atoms with Gasteiger partial charge in [-0.05, 0) is 43.7 Å². The molecule has 2 aliphatic rings. The number of carbonyl (C=O) groups is 3. The molecule has 2 amide bonds. The zero-order chi connectivity index (χ0) is 24.9. The maximum atomic E-state index is 12.9. The second-order valence-corrected chi connectivity index (χ2v) is 9.84. The molecule has 2 aliphatic heterocycles. The van der Waals surface area contributed by atoms with Crippen molar-refractivity contribution < 1.29 is 23.9 Å². The van der Waals surface area contributed by atoms with Gasteiger partial charge in [0.05, 0.1) is 27.9 Å². The largest absolute Gasteiger partial charge is 0.492 e. The van der Waals surface area contributed by atoms with E-state index in [4.69, 9.17) is 32.7 Å². The number of carbonyl (C=O) groups excluding carboxylic acids is 3. The molecule has 2 saturated heterocycles. The normalized spacial score (nSPS) is 20.8. The molecule has 0 aliphatic carbocycles. The Hall–Kier alpha value is -2.61. The van der Waals surface area contributed by atoms with Gasteiger partial charge in [0.2, 0.25) is 11.8 Å². The van der Waals surface area contributed by atoms with Crippen LogP contribution in [0.1, 0.15) is 36.5 Å². The summed E-state index contributed by atoms with van der Waals surface area (Å²) in [6.45, 7) is 4.98. The molecular weight excluding hydrogens is 491 g/mol. The lowest BCUT2D eigenvalue weighted by atomic mass is 9.99. The van der Waals surface area contributed by atoms with Crippen molar-refractivity contribution in [3.63, 3.8) is 0 Å². The molecule has 2 fully saturated rings. The summed E-state index contributed by atoms with van der Waals surface area (Å²) in [6.07, 6.45) is 2.11. The number of para-hydroxylation sites is 1. The van der Waals surface area contributed by atoms with Crippen LogP contribution in [-0.4, -0.2) is 55.5 Å². The fraction of sp³-hybridized carbons (Fsp3) is 0.423. The molecule has 2 aromatic carbocycles. The minimum Gasteiger partial charge on any atom is -0.492 e. The number of ether oxygens (including phenoxy) is 2. The predicted molar refractivity (Wildman–Crippen MR) is 134 cm³/mol. The minimum atomic E-state index is -0.527. The van der Waals surface area contributed by atoms with Crippen LogP contribution in [0, 0.1) is 11.8 Å². The van der Waals surface area contributed by atoms with Crippen LogP contribution >= 0.6 is 23.2 Å². The molecule has 0 aromatic heterocycles. The van der Waals surface area contributed by atoms with Crippen LogP contribution in [0.4, 0.5) is 5.69 Å². The Balaban J connectivity index is 1.29. The first-order valence-electron chi connectivity index (χ1n) is 11.8. The van der Waals surface area contributed by atoms with Gasteiger partial charge in [0.25, 0.3) is 0 Å². The standard InChI is InChI=1S/C26H28Cl2N2O5/c1-17-13-24(31)30(25(17)32)23-7-3-2-6-20(23)26(33)35-16-18-5-4-10-29(15-18)11-12-34-19-8-9-21(27)22(28)14-19/h2-3,6-9,14,17-18H,4-5,10-13,15-16H2,1H3. The number of likely N-dealkylation sites (tertiary alicyclic amines) is 1. The summed E-state index contributed by atoms with van der Waals surface area (Å²) in [6, 6.07) is 11.8. The van der Waals surface area contributed by atoms with Crippen molar-refractivity contribution in [1.82, 2.24) is 4.90 Å². The van der Waals surface area contributed by atoms with E-state index in [0.717, 1.165) is 37.4 Å². The molecule has 35 heavy (non-hydrogen) atoms. The van der Waals surface area contributed by atoms with Crippen molar-refractivity contribution in [3.05, 3.63) is 58.1 Å². The first kappa shape index (κ1) is 25.5. The maximum Gasteiger partial charge on any atom is 0.340 e. The summed E-state index contributed by atoms with van der Waals surface area (Å²) in [7, 11) is 0. The number of anilines is 1. The highest BCUT2D eigenvalue weighted by molar-refractivity contribution is 6.42. The molecule has 4 rings (SSSR count). The molecule has 9 heteroatoms. The van der Waals surface area contributed by atoms with Gasteiger partial charge in [-0.15, -0.1) is 0 Å². The third kappa shape index (κ3) is 6.15. The Morgan fingerprint density at radius 3 is 2.66 bits per heavy atom. The van der Waals surface area contributed by atoms with E-state index in [1.54, 1.807) is 49.4 Å². The van der Waals surface area contributed by atoms with Crippen molar-refractivity contribution in [2.24, 2.45) is 11.8 Å². The van der Waals surface area contributed by atoms with E-state index in [0.29, 0.717) is 28.1 Å². The minimum absolute atomic E-state index is 0.148. The number of amides is 2. The Morgan fingerprint density at radius 1 is 1.11 bits per heavy atom. The lowest BCUT2D eigenvalue weighted by molar-refractivity contribution is -0.122. The summed E-state index contributed by atoms with van der Waals surface area (Å²) in [5, 5.41) is 0.946. The van der Waals surface area contributed by atoms with Crippen LogP contribution in [-0.2, 0) is 14.3 Å². The molecule has 2 atom stereocenters. The lowest BCUT2D eigenvalue weighted by Crippen LogP contribution is -2.39. The molecule has 7 nitrogen and oxygen atoms in total. The number of benzene rings is 2. The topological polar surface area (TPSA) is 76.2 Å². The molecule has 0 saturated carbocycles. The maximum absolute atomic E-state index is 12.9. The van der Waals surface area contributed by atoms with Gasteiger partial charge in [0, 0.05) is 37.4 Å². The van der Waals surface area contributed by atoms with Gasteiger partial charge < -0.3 is 9.47 Å². The van der Waals surface area contributed by atoms with Gasteiger partial charge >= 0.3 is 5.97 Å². The molecular formula is C26H28Cl2N2O5. The number of piperidine rings is 1. The SMILES string of the molecule is CC1CC(=O)N(c2ccccc2C(=O)OCC2CCCN(CCOc3ccc(Cl)c(Cl)c3)C2)C1=O. The van der Waals surface area contributed by atoms with Crippen LogP contribution in [0.15, 0.2) is 42.5 Å². The van der Waals surface area contributed by atoms with E-state index < -0.39 is 5.97 Å². The first-order chi connectivity index (χ1) is 16.8.